The SMILES string of the molecule is Cc1c(C(=O)N2CC[C@@](C)(C(=O)O)C2)cnn1-c1ccc(F)cc1. The molecule has 1 aromatic carbocycles. The Morgan fingerprint density at radius 1 is 1.29 bits per heavy atom. The monoisotopic (exact) mass is 331 g/mol. The zero-order valence-corrected chi connectivity index (χ0v) is 13.5. The predicted octanol–water partition coefficient (Wildman–Crippen LogP) is 2.26. The molecule has 3 rings (SSSR count). The van der Waals surface area contributed by atoms with E-state index in [0.717, 1.165) is 0 Å². The quantitative estimate of drug-likeness (QED) is 0.936. The van der Waals surface area contributed by atoms with Crippen LogP contribution in [0.5, 0.6) is 0 Å². The molecule has 1 amide bonds. The van der Waals surface area contributed by atoms with Gasteiger partial charge in [-0.2, -0.15) is 5.10 Å². The molecule has 1 N–H and O–H groups in total. The Hall–Kier alpha value is -2.70. The topological polar surface area (TPSA) is 75.4 Å². The van der Waals surface area contributed by atoms with Crippen molar-refractivity contribution >= 4 is 11.9 Å². The maximum atomic E-state index is 13.0. The molecule has 0 bridgehead atoms. The Kier molecular flexibility index (Phi) is 3.87. The van der Waals surface area contributed by atoms with Crippen molar-refractivity contribution in [2.75, 3.05) is 13.1 Å². The van der Waals surface area contributed by atoms with Gasteiger partial charge in [0, 0.05) is 13.1 Å². The second-order valence-corrected chi connectivity index (χ2v) is 6.37. The van der Waals surface area contributed by atoms with Crippen LogP contribution < -0.4 is 0 Å². The third kappa shape index (κ3) is 2.66. The zero-order valence-electron chi connectivity index (χ0n) is 13.5. The minimum Gasteiger partial charge on any atom is -0.481 e. The Morgan fingerprint density at radius 2 is 1.96 bits per heavy atom. The molecule has 7 heteroatoms. The number of aliphatic carboxylic acids is 1. The van der Waals surface area contributed by atoms with Gasteiger partial charge in [0.2, 0.25) is 0 Å². The number of carboxylic acids is 1. The molecule has 1 aliphatic rings. The molecule has 0 radical (unpaired) electrons. The molecule has 1 saturated heterocycles. The molecule has 2 heterocycles. The second kappa shape index (κ2) is 5.74. The van der Waals surface area contributed by atoms with Crippen LogP contribution in [0, 0.1) is 18.2 Å². The van der Waals surface area contributed by atoms with Crippen LogP contribution >= 0.6 is 0 Å². The molecular weight excluding hydrogens is 313 g/mol. The van der Waals surface area contributed by atoms with Crippen molar-refractivity contribution in [3.8, 4) is 5.69 Å². The lowest BCUT2D eigenvalue weighted by Crippen LogP contribution is -2.35. The highest BCUT2D eigenvalue weighted by atomic mass is 19.1. The molecule has 0 spiro atoms. The van der Waals surface area contributed by atoms with E-state index in [-0.39, 0.29) is 18.3 Å². The first kappa shape index (κ1) is 16.2. The van der Waals surface area contributed by atoms with Crippen LogP contribution in [-0.4, -0.2) is 44.8 Å². The predicted molar refractivity (Wildman–Crippen MR) is 84.5 cm³/mol. The molecule has 6 nitrogen and oxygen atoms in total. The van der Waals surface area contributed by atoms with Gasteiger partial charge in [0.1, 0.15) is 5.82 Å². The van der Waals surface area contributed by atoms with Crippen LogP contribution in [-0.2, 0) is 4.79 Å². The maximum absolute atomic E-state index is 13.0. The van der Waals surface area contributed by atoms with Crippen LogP contribution in [0.3, 0.4) is 0 Å². The summed E-state index contributed by atoms with van der Waals surface area (Å²) in [5.41, 5.74) is 0.811. The molecule has 0 aliphatic carbocycles. The number of carbonyl (C=O) groups excluding carboxylic acids is 1. The summed E-state index contributed by atoms with van der Waals surface area (Å²) in [5.74, 6) is -1.47. The van der Waals surface area contributed by atoms with Gasteiger partial charge in [-0.1, -0.05) is 0 Å². The molecular formula is C17H18FN3O3. The lowest BCUT2D eigenvalue weighted by molar-refractivity contribution is -0.147. The minimum absolute atomic E-state index is 0.183. The average molecular weight is 331 g/mol. The van der Waals surface area contributed by atoms with Crippen molar-refractivity contribution in [1.29, 1.82) is 0 Å². The molecule has 126 valence electrons. The lowest BCUT2D eigenvalue weighted by atomic mass is 9.90. The van der Waals surface area contributed by atoms with Gasteiger partial charge in [0.15, 0.2) is 0 Å². The largest absolute Gasteiger partial charge is 0.481 e. The second-order valence-electron chi connectivity index (χ2n) is 6.37. The Labute approximate surface area is 138 Å². The smallest absolute Gasteiger partial charge is 0.311 e. The number of likely N-dealkylation sites (tertiary alicyclic amines) is 1. The first-order valence-corrected chi connectivity index (χ1v) is 7.65. The fraction of sp³-hybridized carbons (Fsp3) is 0.353. The number of amides is 1. The van der Waals surface area contributed by atoms with E-state index in [1.807, 2.05) is 0 Å². The third-order valence-corrected chi connectivity index (χ3v) is 4.59. The van der Waals surface area contributed by atoms with Crippen molar-refractivity contribution < 1.29 is 19.1 Å². The molecule has 1 atom stereocenters. The highest BCUT2D eigenvalue weighted by molar-refractivity contribution is 5.96. The van der Waals surface area contributed by atoms with Gasteiger partial charge in [-0.05, 0) is 44.5 Å². The van der Waals surface area contributed by atoms with Crippen LogP contribution in [0.15, 0.2) is 30.5 Å². The average Bonchev–Trinajstić information content (AvgIpc) is 3.12. The van der Waals surface area contributed by atoms with Crippen molar-refractivity contribution in [3.63, 3.8) is 0 Å². The van der Waals surface area contributed by atoms with Gasteiger partial charge in [-0.3, -0.25) is 9.59 Å². The van der Waals surface area contributed by atoms with Gasteiger partial charge in [-0.15, -0.1) is 0 Å². The third-order valence-electron chi connectivity index (χ3n) is 4.59. The number of rotatable bonds is 3. The van der Waals surface area contributed by atoms with E-state index in [2.05, 4.69) is 5.10 Å². The lowest BCUT2D eigenvalue weighted by Gasteiger charge is -2.20. The van der Waals surface area contributed by atoms with Crippen molar-refractivity contribution in [3.05, 3.63) is 47.5 Å². The summed E-state index contributed by atoms with van der Waals surface area (Å²) in [4.78, 5) is 25.6. The molecule has 1 aromatic heterocycles. The molecule has 0 unspecified atom stereocenters. The first-order valence-electron chi connectivity index (χ1n) is 7.65. The van der Waals surface area contributed by atoms with E-state index in [0.29, 0.717) is 29.9 Å². The fourth-order valence-corrected chi connectivity index (χ4v) is 2.94. The fourth-order valence-electron chi connectivity index (χ4n) is 2.94. The summed E-state index contributed by atoms with van der Waals surface area (Å²) < 4.78 is 14.6. The highest BCUT2D eigenvalue weighted by Crippen LogP contribution is 2.31. The van der Waals surface area contributed by atoms with E-state index in [1.165, 1.54) is 18.3 Å². The van der Waals surface area contributed by atoms with Gasteiger partial charge in [0.25, 0.3) is 5.91 Å². The normalized spacial score (nSPS) is 20.4. The number of hydrogen-bond acceptors (Lipinski definition) is 3. The van der Waals surface area contributed by atoms with E-state index in [9.17, 15) is 19.1 Å². The molecule has 2 aromatic rings. The van der Waals surface area contributed by atoms with Crippen LogP contribution in [0.2, 0.25) is 0 Å². The summed E-state index contributed by atoms with van der Waals surface area (Å²) in [5, 5.41) is 13.5. The molecule has 1 fully saturated rings. The van der Waals surface area contributed by atoms with Crippen LogP contribution in [0.4, 0.5) is 4.39 Å². The number of carboxylic acid groups (broad SMARTS) is 1. The van der Waals surface area contributed by atoms with Crippen LogP contribution in [0.1, 0.15) is 29.4 Å². The van der Waals surface area contributed by atoms with E-state index in [4.69, 9.17) is 0 Å². The number of nitrogens with zero attached hydrogens (tertiary/aromatic N) is 3. The van der Waals surface area contributed by atoms with Crippen molar-refractivity contribution in [2.45, 2.75) is 20.3 Å². The van der Waals surface area contributed by atoms with Crippen LogP contribution in [0.25, 0.3) is 5.69 Å². The molecule has 24 heavy (non-hydrogen) atoms. The zero-order chi connectivity index (χ0) is 17.5. The number of hydrogen-bond donors (Lipinski definition) is 1. The minimum atomic E-state index is -0.906. The van der Waals surface area contributed by atoms with E-state index in [1.54, 1.807) is 35.6 Å². The van der Waals surface area contributed by atoms with E-state index >= 15 is 0 Å². The standard InChI is InChI=1S/C17H18FN3O3/c1-11-14(9-19-21(11)13-5-3-12(18)4-6-13)15(22)20-8-7-17(2,10-20)16(23)24/h3-6,9H,7-8,10H2,1-2H3,(H,23,24)/t17-/m1/s1. The first-order chi connectivity index (χ1) is 11.3. The Balaban J connectivity index is 1.85. The summed E-state index contributed by atoms with van der Waals surface area (Å²) in [6, 6.07) is 5.83. The van der Waals surface area contributed by atoms with Gasteiger partial charge in [0.05, 0.1) is 28.6 Å². The van der Waals surface area contributed by atoms with Crippen molar-refractivity contribution in [2.24, 2.45) is 5.41 Å². The number of carbonyl (C=O) groups is 2. The summed E-state index contributed by atoms with van der Waals surface area (Å²) in [6.45, 7) is 4.00. The summed E-state index contributed by atoms with van der Waals surface area (Å²) >= 11 is 0. The number of halogens is 1. The van der Waals surface area contributed by atoms with Gasteiger partial charge in [-0.25, -0.2) is 9.07 Å². The number of benzene rings is 1. The van der Waals surface area contributed by atoms with Gasteiger partial charge < -0.3 is 10.0 Å². The maximum Gasteiger partial charge on any atom is 0.311 e. The van der Waals surface area contributed by atoms with E-state index < -0.39 is 11.4 Å². The number of aromatic nitrogens is 2. The Bertz CT molecular complexity index is 800. The highest BCUT2D eigenvalue weighted by Gasteiger charge is 2.42. The Morgan fingerprint density at radius 3 is 2.54 bits per heavy atom. The summed E-state index contributed by atoms with van der Waals surface area (Å²) in [7, 11) is 0. The summed E-state index contributed by atoms with van der Waals surface area (Å²) in [6.07, 6.45) is 1.90. The van der Waals surface area contributed by atoms with Crippen molar-refractivity contribution in [1.82, 2.24) is 14.7 Å². The van der Waals surface area contributed by atoms with Gasteiger partial charge >= 0.3 is 5.97 Å². The molecule has 0 saturated carbocycles. The molecule has 1 aliphatic heterocycles.